The van der Waals surface area contributed by atoms with Crippen molar-refractivity contribution in [2.75, 3.05) is 0 Å². The summed E-state index contributed by atoms with van der Waals surface area (Å²) >= 11 is 0. The highest BCUT2D eigenvalue weighted by Crippen LogP contribution is 2.38. The zero-order chi connectivity index (χ0) is 24.5. The van der Waals surface area contributed by atoms with Crippen molar-refractivity contribution in [1.29, 1.82) is 0 Å². The van der Waals surface area contributed by atoms with Gasteiger partial charge in [-0.25, -0.2) is 4.79 Å². The van der Waals surface area contributed by atoms with Gasteiger partial charge in [0.1, 0.15) is 0 Å². The van der Waals surface area contributed by atoms with Crippen molar-refractivity contribution in [2.24, 2.45) is 0 Å². The first-order valence-electron chi connectivity index (χ1n) is 12.2. The molecule has 2 aliphatic rings. The molecule has 0 saturated heterocycles. The maximum absolute atomic E-state index is 12.1. The van der Waals surface area contributed by atoms with E-state index in [1.54, 1.807) is 6.08 Å². The normalized spacial score (nSPS) is 30.6. The number of carbonyl (C=O) groups is 2. The maximum Gasteiger partial charge on any atom is 0.331 e. The second-order valence-corrected chi connectivity index (χ2v) is 15.4. The van der Waals surface area contributed by atoms with E-state index in [4.69, 9.17) is 13.9 Å². The van der Waals surface area contributed by atoms with Crippen LogP contribution in [0.1, 0.15) is 65.7 Å². The third kappa shape index (κ3) is 9.55. The monoisotopic (exact) mass is 474 g/mol. The van der Waals surface area contributed by atoms with Gasteiger partial charge in [0.15, 0.2) is 20.7 Å². The zero-order valence-corrected chi connectivity index (χ0v) is 22.0. The van der Waals surface area contributed by atoms with Crippen molar-refractivity contribution >= 4 is 20.6 Å². The van der Waals surface area contributed by atoms with Crippen molar-refractivity contribution in [3.05, 3.63) is 48.6 Å². The van der Waals surface area contributed by atoms with Crippen LogP contribution in [0.3, 0.4) is 0 Å². The molecule has 0 aromatic carbocycles. The minimum absolute atomic E-state index is 0.0398. The molecule has 184 valence electrons. The molecule has 0 amide bonds. The Bertz CT molecular complexity index is 759. The average Bonchev–Trinajstić information content (AvgIpc) is 2.71. The molecule has 4 atom stereocenters. The van der Waals surface area contributed by atoms with Crippen LogP contribution < -0.4 is 0 Å². The summed E-state index contributed by atoms with van der Waals surface area (Å²) in [4.78, 5) is 23.6. The van der Waals surface area contributed by atoms with Crippen molar-refractivity contribution in [3.63, 3.8) is 0 Å². The van der Waals surface area contributed by atoms with E-state index in [9.17, 15) is 9.59 Å². The van der Waals surface area contributed by atoms with Gasteiger partial charge in [-0.1, -0.05) is 63.3 Å². The quantitative estimate of drug-likeness (QED) is 0.210. The number of ether oxygens (including phenoxy) is 2. The van der Waals surface area contributed by atoms with E-state index in [0.29, 0.717) is 19.1 Å². The van der Waals surface area contributed by atoms with E-state index >= 15 is 0 Å². The molecule has 2 rings (SSSR count). The maximum atomic E-state index is 12.1. The fourth-order valence-corrected chi connectivity index (χ4v) is 4.98. The molecule has 0 aliphatic carbocycles. The molecular weight excluding hydrogens is 432 g/mol. The van der Waals surface area contributed by atoms with E-state index in [1.165, 1.54) is 6.08 Å². The Morgan fingerprint density at radius 3 is 2.55 bits per heavy atom. The summed E-state index contributed by atoms with van der Waals surface area (Å²) in [7, 11) is -1.99. The summed E-state index contributed by atoms with van der Waals surface area (Å²) in [5.41, 5.74) is 1.16. The number of cyclic esters (lactones) is 1. The summed E-state index contributed by atoms with van der Waals surface area (Å²) < 4.78 is 18.1. The minimum Gasteiger partial charge on any atom is -0.451 e. The Kier molecular flexibility index (Phi) is 10.5. The molecule has 6 heteroatoms. The van der Waals surface area contributed by atoms with Gasteiger partial charge in [-0.15, -0.1) is 0 Å². The van der Waals surface area contributed by atoms with E-state index in [0.717, 1.165) is 37.7 Å². The highest BCUT2D eigenvalue weighted by molar-refractivity contribution is 6.74. The number of fused-ring (bicyclic) bond motifs is 2. The fourth-order valence-electron chi connectivity index (χ4n) is 3.70. The van der Waals surface area contributed by atoms with E-state index < -0.39 is 20.4 Å². The predicted octanol–water partition coefficient (Wildman–Crippen LogP) is 6.22. The summed E-state index contributed by atoms with van der Waals surface area (Å²) in [6.45, 7) is 15.5. The number of hydrogen-bond acceptors (Lipinski definition) is 5. The van der Waals surface area contributed by atoms with Gasteiger partial charge in [-0.2, -0.15) is 0 Å². The fraction of sp³-hybridized carbons (Fsp3) is 0.630. The Hall–Kier alpha value is -1.76. The molecular formula is C27H42O5Si. The molecule has 0 spiro atoms. The van der Waals surface area contributed by atoms with Crippen LogP contribution in [0.2, 0.25) is 18.1 Å². The molecule has 0 fully saturated rings. The minimum atomic E-state index is -1.99. The highest BCUT2D eigenvalue weighted by atomic mass is 28.4. The number of aldehydes is 1. The first-order valence-corrected chi connectivity index (χ1v) is 15.1. The van der Waals surface area contributed by atoms with Crippen LogP contribution in [-0.2, 0) is 23.5 Å². The lowest BCUT2D eigenvalue weighted by atomic mass is 9.99. The lowest BCUT2D eigenvalue weighted by molar-refractivity contribution is -0.146. The highest BCUT2D eigenvalue weighted by Gasteiger charge is 2.38. The van der Waals surface area contributed by atoms with Crippen LogP contribution in [0.4, 0.5) is 0 Å². The van der Waals surface area contributed by atoms with Gasteiger partial charge in [-0.05, 0) is 56.7 Å². The number of rotatable bonds is 3. The van der Waals surface area contributed by atoms with Gasteiger partial charge in [-0.3, -0.25) is 4.79 Å². The molecule has 2 aliphatic heterocycles. The van der Waals surface area contributed by atoms with Crippen LogP contribution >= 0.6 is 0 Å². The molecule has 0 N–H and O–H groups in total. The molecule has 0 aromatic rings. The number of carbonyl (C=O) groups excluding carboxylic acids is 2. The molecule has 5 nitrogen and oxygen atoms in total. The van der Waals surface area contributed by atoms with Crippen LogP contribution in [0.25, 0.3) is 0 Å². The van der Waals surface area contributed by atoms with Crippen LogP contribution in [0.15, 0.2) is 48.6 Å². The third-order valence-corrected chi connectivity index (χ3v) is 11.2. The molecule has 2 bridgehead atoms. The van der Waals surface area contributed by atoms with Gasteiger partial charge in [0, 0.05) is 12.5 Å². The summed E-state index contributed by atoms with van der Waals surface area (Å²) in [6.07, 6.45) is 16.7. The topological polar surface area (TPSA) is 61.8 Å². The Balaban J connectivity index is 2.17. The molecule has 0 saturated carbocycles. The van der Waals surface area contributed by atoms with Crippen LogP contribution in [0, 0.1) is 0 Å². The van der Waals surface area contributed by atoms with Crippen molar-refractivity contribution < 1.29 is 23.5 Å². The van der Waals surface area contributed by atoms with E-state index in [2.05, 4.69) is 46.5 Å². The smallest absolute Gasteiger partial charge is 0.331 e. The number of esters is 1. The Morgan fingerprint density at radius 1 is 1.12 bits per heavy atom. The average molecular weight is 475 g/mol. The van der Waals surface area contributed by atoms with Gasteiger partial charge in [0.05, 0.1) is 18.3 Å². The van der Waals surface area contributed by atoms with Crippen molar-refractivity contribution in [3.8, 4) is 0 Å². The van der Waals surface area contributed by atoms with Gasteiger partial charge in [0.25, 0.3) is 0 Å². The molecule has 0 radical (unpaired) electrons. The first kappa shape index (κ1) is 27.5. The summed E-state index contributed by atoms with van der Waals surface area (Å²) in [5, 5.41) is 0.0871. The van der Waals surface area contributed by atoms with Crippen molar-refractivity contribution in [1.82, 2.24) is 0 Å². The lowest BCUT2D eigenvalue weighted by Gasteiger charge is -2.39. The van der Waals surface area contributed by atoms with E-state index in [-0.39, 0.29) is 23.4 Å². The van der Waals surface area contributed by atoms with Gasteiger partial charge >= 0.3 is 5.97 Å². The Labute approximate surface area is 201 Å². The van der Waals surface area contributed by atoms with E-state index in [1.807, 2.05) is 18.2 Å². The SMILES string of the molecule is C=C1CCC[C@@H]2CC=C[C@@H](C/C=C\C(=O)O[C@H](C=O)C/C=C/[C@@H](O[Si](C)(C)C(C)(C)C)C1)O2. The Morgan fingerprint density at radius 2 is 1.85 bits per heavy atom. The lowest BCUT2D eigenvalue weighted by Crippen LogP contribution is -2.43. The summed E-state index contributed by atoms with van der Waals surface area (Å²) in [5.74, 6) is -0.514. The largest absolute Gasteiger partial charge is 0.451 e. The third-order valence-electron chi connectivity index (χ3n) is 6.68. The molecule has 33 heavy (non-hydrogen) atoms. The van der Waals surface area contributed by atoms with Crippen LogP contribution in [-0.4, -0.2) is 45.0 Å². The van der Waals surface area contributed by atoms with Crippen LogP contribution in [0.5, 0.6) is 0 Å². The summed E-state index contributed by atoms with van der Waals surface area (Å²) in [6, 6.07) is 0. The standard InChI is InChI=1S/C27H42O5Si/c1-21-11-7-12-22-13-8-14-23(30-22)15-10-18-26(29)31-25(20-28)17-9-16-24(19-21)32-33(5,6)27(2,3)4/h8-10,14,16,18,20,22-25H,1,7,11-13,15,17,19H2,2-6H3/b16-9+,18-10-/t22-,23+,24-,25+/m1/s1. The zero-order valence-electron chi connectivity index (χ0n) is 21.0. The molecule has 0 unspecified atom stereocenters. The second-order valence-electron chi connectivity index (χ2n) is 10.6. The number of hydrogen-bond donors (Lipinski definition) is 0. The predicted molar refractivity (Wildman–Crippen MR) is 136 cm³/mol. The molecule has 0 aromatic heterocycles. The molecule has 2 heterocycles. The van der Waals surface area contributed by atoms with Crippen molar-refractivity contribution in [2.45, 2.75) is 108 Å². The first-order chi connectivity index (χ1) is 15.5. The van der Waals surface area contributed by atoms with Gasteiger partial charge < -0.3 is 13.9 Å². The van der Waals surface area contributed by atoms with Gasteiger partial charge in [0.2, 0.25) is 0 Å². The second kappa shape index (κ2) is 12.6.